The van der Waals surface area contributed by atoms with Crippen LogP contribution in [0.5, 0.6) is 0 Å². The molecule has 124 valence electrons. The summed E-state index contributed by atoms with van der Waals surface area (Å²) in [7, 11) is 0. The Morgan fingerprint density at radius 3 is 2.35 bits per heavy atom. The first-order chi connectivity index (χ1) is 10.7. The van der Waals surface area contributed by atoms with Crippen LogP contribution in [0, 0.1) is 5.92 Å². The molecule has 0 aromatic heterocycles. The van der Waals surface area contributed by atoms with Crippen LogP contribution in [0.1, 0.15) is 31.1 Å². The molecule has 0 aliphatic rings. The van der Waals surface area contributed by atoms with Crippen LogP contribution in [0.4, 0.5) is 10.5 Å². The van der Waals surface area contributed by atoms with Gasteiger partial charge in [0.2, 0.25) is 5.91 Å². The summed E-state index contributed by atoms with van der Waals surface area (Å²) in [6.07, 6.45) is -1.17. The third-order valence-electron chi connectivity index (χ3n) is 2.76. The van der Waals surface area contributed by atoms with Crippen molar-refractivity contribution >= 4 is 29.5 Å². The minimum atomic E-state index is -1.17. The number of nitrogens with two attached hydrogens (primary N) is 1. The summed E-state index contributed by atoms with van der Waals surface area (Å²) in [5, 5.41) is 4.42. The van der Waals surface area contributed by atoms with E-state index >= 15 is 0 Å². The average Bonchev–Trinajstić information content (AvgIpc) is 2.42. The molecule has 0 saturated heterocycles. The first-order valence-corrected chi connectivity index (χ1v) is 6.89. The van der Waals surface area contributed by atoms with Gasteiger partial charge in [-0.1, -0.05) is 19.9 Å². The van der Waals surface area contributed by atoms with Crippen LogP contribution in [0.2, 0.25) is 0 Å². The van der Waals surface area contributed by atoms with Gasteiger partial charge < -0.3 is 15.8 Å². The van der Waals surface area contributed by atoms with E-state index in [-0.39, 0.29) is 17.4 Å². The lowest BCUT2D eigenvalue weighted by Crippen LogP contribution is -2.45. The number of carbonyl (C=O) groups excluding carboxylic acids is 4. The SMILES string of the molecule is CC(=O)Nc1cccc(C(=O)O[C@H](C(=O)NC(N)=O)C(C)C)c1. The second-order valence-corrected chi connectivity index (χ2v) is 5.19. The monoisotopic (exact) mass is 321 g/mol. The number of anilines is 1. The predicted molar refractivity (Wildman–Crippen MR) is 82.5 cm³/mol. The molecule has 0 aliphatic heterocycles. The maximum absolute atomic E-state index is 12.2. The standard InChI is InChI=1S/C15H19N3O5/c1-8(2)12(13(20)18-15(16)22)23-14(21)10-5-4-6-11(7-10)17-9(3)19/h4-8,12H,1-3H3,(H,17,19)(H3,16,18,20,22)/t12-/m0/s1. The molecule has 0 aliphatic carbocycles. The summed E-state index contributed by atoms with van der Waals surface area (Å²) in [5.41, 5.74) is 5.47. The van der Waals surface area contributed by atoms with Gasteiger partial charge in [-0.2, -0.15) is 0 Å². The molecule has 23 heavy (non-hydrogen) atoms. The highest BCUT2D eigenvalue weighted by Gasteiger charge is 2.27. The lowest BCUT2D eigenvalue weighted by molar-refractivity contribution is -0.130. The highest BCUT2D eigenvalue weighted by atomic mass is 16.5. The van der Waals surface area contributed by atoms with Gasteiger partial charge in [0.25, 0.3) is 5.91 Å². The normalized spacial score (nSPS) is 11.5. The molecule has 8 heteroatoms. The molecule has 1 rings (SSSR count). The maximum Gasteiger partial charge on any atom is 0.338 e. The third kappa shape index (κ3) is 5.77. The van der Waals surface area contributed by atoms with Crippen LogP contribution in [-0.4, -0.2) is 29.9 Å². The van der Waals surface area contributed by atoms with E-state index in [0.717, 1.165) is 0 Å². The Morgan fingerprint density at radius 1 is 1.17 bits per heavy atom. The molecule has 0 unspecified atom stereocenters. The largest absolute Gasteiger partial charge is 0.448 e. The van der Waals surface area contributed by atoms with E-state index in [2.05, 4.69) is 5.32 Å². The van der Waals surface area contributed by atoms with E-state index in [0.29, 0.717) is 5.69 Å². The summed E-state index contributed by atoms with van der Waals surface area (Å²) >= 11 is 0. The predicted octanol–water partition coefficient (Wildman–Crippen LogP) is 1.02. The quantitative estimate of drug-likeness (QED) is 0.698. The number of primary amides is 1. The molecule has 0 bridgehead atoms. The van der Waals surface area contributed by atoms with Gasteiger partial charge in [-0.3, -0.25) is 14.9 Å². The van der Waals surface area contributed by atoms with Crippen molar-refractivity contribution in [2.24, 2.45) is 11.7 Å². The topological polar surface area (TPSA) is 128 Å². The molecule has 0 fully saturated rings. The Kier molecular flexibility index (Phi) is 6.25. The zero-order valence-electron chi connectivity index (χ0n) is 13.1. The van der Waals surface area contributed by atoms with E-state index < -0.39 is 24.0 Å². The van der Waals surface area contributed by atoms with Gasteiger partial charge in [-0.25, -0.2) is 9.59 Å². The number of hydrogen-bond acceptors (Lipinski definition) is 5. The van der Waals surface area contributed by atoms with Crippen molar-refractivity contribution in [3.05, 3.63) is 29.8 Å². The fraction of sp³-hybridized carbons (Fsp3) is 0.333. The zero-order chi connectivity index (χ0) is 17.6. The fourth-order valence-electron chi connectivity index (χ4n) is 1.80. The minimum absolute atomic E-state index is 0.161. The number of benzene rings is 1. The Hall–Kier alpha value is -2.90. The minimum Gasteiger partial charge on any atom is -0.448 e. The molecule has 0 radical (unpaired) electrons. The molecule has 0 heterocycles. The van der Waals surface area contributed by atoms with Gasteiger partial charge in [0.05, 0.1) is 5.56 Å². The number of amides is 4. The smallest absolute Gasteiger partial charge is 0.338 e. The van der Waals surface area contributed by atoms with Crippen molar-refractivity contribution in [3.8, 4) is 0 Å². The highest BCUT2D eigenvalue weighted by Crippen LogP contribution is 2.15. The summed E-state index contributed by atoms with van der Waals surface area (Å²) in [5.74, 6) is -2.19. The Bertz CT molecular complexity index is 627. The van der Waals surface area contributed by atoms with Gasteiger partial charge in [0.1, 0.15) is 0 Å². The molecule has 1 aromatic rings. The van der Waals surface area contributed by atoms with E-state index in [4.69, 9.17) is 10.5 Å². The first-order valence-electron chi connectivity index (χ1n) is 6.89. The molecule has 1 aromatic carbocycles. The van der Waals surface area contributed by atoms with Crippen LogP contribution in [-0.2, 0) is 14.3 Å². The summed E-state index contributed by atoms with van der Waals surface area (Å²) < 4.78 is 5.15. The number of ether oxygens (including phenoxy) is 1. The number of carbonyl (C=O) groups is 4. The lowest BCUT2D eigenvalue weighted by Gasteiger charge is -2.20. The van der Waals surface area contributed by atoms with E-state index in [9.17, 15) is 19.2 Å². The number of nitrogens with one attached hydrogen (secondary N) is 2. The van der Waals surface area contributed by atoms with Gasteiger partial charge in [-0.05, 0) is 24.1 Å². The summed E-state index contributed by atoms with van der Waals surface area (Å²) in [6, 6.07) is 5.06. The van der Waals surface area contributed by atoms with Gasteiger partial charge >= 0.3 is 12.0 Å². The molecule has 8 nitrogen and oxygen atoms in total. The number of hydrogen-bond donors (Lipinski definition) is 3. The Balaban J connectivity index is 2.88. The highest BCUT2D eigenvalue weighted by molar-refractivity contribution is 5.99. The van der Waals surface area contributed by atoms with Crippen molar-refractivity contribution in [3.63, 3.8) is 0 Å². The molecular formula is C15H19N3O5. The third-order valence-corrected chi connectivity index (χ3v) is 2.76. The zero-order valence-corrected chi connectivity index (χ0v) is 13.1. The number of esters is 1. The molecule has 4 amide bonds. The summed E-state index contributed by atoms with van der Waals surface area (Å²) in [4.78, 5) is 45.8. The summed E-state index contributed by atoms with van der Waals surface area (Å²) in [6.45, 7) is 4.66. The molecule has 0 saturated carbocycles. The Labute approximate surface area is 133 Å². The number of rotatable bonds is 5. The van der Waals surface area contributed by atoms with Gasteiger partial charge in [-0.15, -0.1) is 0 Å². The molecule has 4 N–H and O–H groups in total. The Morgan fingerprint density at radius 2 is 1.83 bits per heavy atom. The molecule has 1 atom stereocenters. The van der Waals surface area contributed by atoms with Crippen molar-refractivity contribution in [2.45, 2.75) is 26.9 Å². The fourth-order valence-corrected chi connectivity index (χ4v) is 1.80. The van der Waals surface area contributed by atoms with Crippen molar-refractivity contribution in [1.29, 1.82) is 0 Å². The average molecular weight is 321 g/mol. The number of urea groups is 1. The van der Waals surface area contributed by atoms with Gasteiger partial charge in [0.15, 0.2) is 6.10 Å². The van der Waals surface area contributed by atoms with Crippen LogP contribution in [0.3, 0.4) is 0 Å². The number of imide groups is 1. The second-order valence-electron chi connectivity index (χ2n) is 5.19. The first kappa shape index (κ1) is 18.1. The van der Waals surface area contributed by atoms with Crippen molar-refractivity contribution in [1.82, 2.24) is 5.32 Å². The van der Waals surface area contributed by atoms with Crippen LogP contribution in [0.25, 0.3) is 0 Å². The van der Waals surface area contributed by atoms with Crippen LogP contribution >= 0.6 is 0 Å². The van der Waals surface area contributed by atoms with E-state index in [1.807, 2.05) is 5.32 Å². The molecule has 0 spiro atoms. The lowest BCUT2D eigenvalue weighted by atomic mass is 10.1. The second kappa shape index (κ2) is 7.92. The van der Waals surface area contributed by atoms with Crippen molar-refractivity contribution < 1.29 is 23.9 Å². The van der Waals surface area contributed by atoms with E-state index in [1.165, 1.54) is 19.1 Å². The molecular weight excluding hydrogens is 302 g/mol. The van der Waals surface area contributed by atoms with Gasteiger partial charge in [0, 0.05) is 12.6 Å². The van der Waals surface area contributed by atoms with Crippen LogP contribution in [0.15, 0.2) is 24.3 Å². The van der Waals surface area contributed by atoms with E-state index in [1.54, 1.807) is 26.0 Å². The van der Waals surface area contributed by atoms with Crippen LogP contribution < -0.4 is 16.4 Å². The maximum atomic E-state index is 12.2. The van der Waals surface area contributed by atoms with Crippen molar-refractivity contribution in [2.75, 3.05) is 5.32 Å².